The van der Waals surface area contributed by atoms with E-state index in [-0.39, 0.29) is 23.6 Å². The van der Waals surface area contributed by atoms with Crippen LogP contribution in [0.4, 0.5) is 10.5 Å². The number of nitrogens with one attached hydrogen (secondary N) is 2. The van der Waals surface area contributed by atoms with Crippen molar-refractivity contribution in [1.82, 2.24) is 5.32 Å². The number of amides is 2. The fraction of sp³-hybridized carbons (Fsp3) is 0.467. The maximum atomic E-state index is 12.0. The fourth-order valence-corrected chi connectivity index (χ4v) is 1.91. The zero-order chi connectivity index (χ0) is 16.0. The molecule has 0 aliphatic carbocycles. The van der Waals surface area contributed by atoms with Gasteiger partial charge in [-0.1, -0.05) is 19.9 Å². The molecule has 116 valence electrons. The second-order valence-corrected chi connectivity index (χ2v) is 5.19. The lowest BCUT2D eigenvalue weighted by molar-refractivity contribution is 0.0696. The largest absolute Gasteiger partial charge is 0.478 e. The minimum atomic E-state index is -1.02. The molecule has 1 aromatic rings. The van der Waals surface area contributed by atoms with Gasteiger partial charge in [0.1, 0.15) is 0 Å². The second-order valence-electron chi connectivity index (χ2n) is 5.19. The summed E-state index contributed by atoms with van der Waals surface area (Å²) in [5, 5.41) is 14.6. The summed E-state index contributed by atoms with van der Waals surface area (Å²) in [5.41, 5.74) is 1.17. The molecule has 1 aromatic carbocycles. The first kappa shape index (κ1) is 17.0. The molecule has 0 fully saturated rings. The Balaban J connectivity index is 2.79. The summed E-state index contributed by atoms with van der Waals surface area (Å²) in [5.74, 6) is -0.793. The molecule has 0 aromatic heterocycles. The average Bonchev–Trinajstić information content (AvgIpc) is 2.40. The molecule has 0 heterocycles. The summed E-state index contributed by atoms with van der Waals surface area (Å²) in [6, 6.07) is 4.28. The van der Waals surface area contributed by atoms with E-state index >= 15 is 0 Å². The van der Waals surface area contributed by atoms with E-state index in [0.29, 0.717) is 17.9 Å². The predicted octanol–water partition coefficient (Wildman–Crippen LogP) is 2.49. The Hall–Kier alpha value is -2.08. The van der Waals surface area contributed by atoms with E-state index < -0.39 is 5.97 Å². The van der Waals surface area contributed by atoms with Gasteiger partial charge in [0.25, 0.3) is 0 Å². The summed E-state index contributed by atoms with van der Waals surface area (Å²) in [6.45, 7) is 6.05. The van der Waals surface area contributed by atoms with Gasteiger partial charge < -0.3 is 20.5 Å². The lowest BCUT2D eigenvalue weighted by Crippen LogP contribution is -2.43. The Morgan fingerprint density at radius 3 is 2.52 bits per heavy atom. The minimum absolute atomic E-state index is 0.113. The normalized spacial score (nSPS) is 12.0. The van der Waals surface area contributed by atoms with Crippen LogP contribution in [0.2, 0.25) is 0 Å². The second kappa shape index (κ2) is 7.64. The van der Waals surface area contributed by atoms with Crippen LogP contribution in [0.25, 0.3) is 0 Å². The molecule has 0 saturated heterocycles. The van der Waals surface area contributed by atoms with Crippen LogP contribution in [-0.4, -0.2) is 36.9 Å². The van der Waals surface area contributed by atoms with E-state index in [9.17, 15) is 9.59 Å². The van der Waals surface area contributed by atoms with E-state index in [0.717, 1.165) is 0 Å². The highest BCUT2D eigenvalue weighted by atomic mass is 16.5. The number of carbonyl (C=O) groups is 2. The van der Waals surface area contributed by atoms with Crippen molar-refractivity contribution in [3.05, 3.63) is 29.3 Å². The van der Waals surface area contributed by atoms with Gasteiger partial charge >= 0.3 is 12.0 Å². The van der Waals surface area contributed by atoms with Gasteiger partial charge in [-0.25, -0.2) is 9.59 Å². The number of hydrogen-bond acceptors (Lipinski definition) is 3. The molecular weight excluding hydrogens is 272 g/mol. The highest BCUT2D eigenvalue weighted by molar-refractivity contribution is 5.95. The van der Waals surface area contributed by atoms with Crippen LogP contribution in [-0.2, 0) is 4.74 Å². The molecule has 1 atom stereocenters. The third kappa shape index (κ3) is 4.75. The van der Waals surface area contributed by atoms with Crippen LogP contribution in [0.15, 0.2) is 18.2 Å². The lowest BCUT2D eigenvalue weighted by Gasteiger charge is -2.22. The van der Waals surface area contributed by atoms with Crippen LogP contribution in [0.3, 0.4) is 0 Å². The van der Waals surface area contributed by atoms with Crippen molar-refractivity contribution >= 4 is 17.7 Å². The van der Waals surface area contributed by atoms with Crippen molar-refractivity contribution < 1.29 is 19.4 Å². The van der Waals surface area contributed by atoms with E-state index in [4.69, 9.17) is 9.84 Å². The van der Waals surface area contributed by atoms with Gasteiger partial charge in [-0.15, -0.1) is 0 Å². The lowest BCUT2D eigenvalue weighted by atomic mass is 10.1. The molecule has 2 amide bonds. The van der Waals surface area contributed by atoms with E-state index in [2.05, 4.69) is 10.6 Å². The molecular formula is C15H22N2O4. The maximum Gasteiger partial charge on any atom is 0.336 e. The van der Waals surface area contributed by atoms with Gasteiger partial charge in [-0.05, 0) is 30.5 Å². The minimum Gasteiger partial charge on any atom is -0.478 e. The first-order valence-corrected chi connectivity index (χ1v) is 6.76. The van der Waals surface area contributed by atoms with Crippen molar-refractivity contribution in [3.8, 4) is 0 Å². The topological polar surface area (TPSA) is 87.7 Å². The van der Waals surface area contributed by atoms with Gasteiger partial charge in [-0.2, -0.15) is 0 Å². The van der Waals surface area contributed by atoms with Gasteiger partial charge in [0.05, 0.1) is 18.2 Å². The molecule has 0 aliphatic rings. The Morgan fingerprint density at radius 1 is 1.33 bits per heavy atom. The third-order valence-electron chi connectivity index (χ3n) is 3.28. The van der Waals surface area contributed by atoms with Crippen LogP contribution in [0.1, 0.15) is 29.8 Å². The molecule has 0 saturated carbocycles. The number of urea groups is 1. The Kier molecular flexibility index (Phi) is 6.17. The zero-order valence-corrected chi connectivity index (χ0v) is 12.8. The SMILES string of the molecule is COCC(NC(=O)Nc1cccc(C(=O)O)c1C)C(C)C. The number of anilines is 1. The van der Waals surface area contributed by atoms with Crippen LogP contribution in [0, 0.1) is 12.8 Å². The number of methoxy groups -OCH3 is 1. The third-order valence-corrected chi connectivity index (χ3v) is 3.28. The molecule has 1 rings (SSSR count). The molecule has 6 nitrogen and oxygen atoms in total. The summed E-state index contributed by atoms with van der Waals surface area (Å²) in [6.07, 6.45) is 0. The molecule has 21 heavy (non-hydrogen) atoms. The van der Waals surface area contributed by atoms with E-state index in [1.54, 1.807) is 26.2 Å². The molecule has 1 unspecified atom stereocenters. The summed E-state index contributed by atoms with van der Waals surface area (Å²) in [7, 11) is 1.58. The number of carboxylic acids is 1. The number of carboxylic acid groups (broad SMARTS) is 1. The highest BCUT2D eigenvalue weighted by Crippen LogP contribution is 2.19. The van der Waals surface area contributed by atoms with Crippen molar-refractivity contribution in [3.63, 3.8) is 0 Å². The van der Waals surface area contributed by atoms with Gasteiger partial charge in [0, 0.05) is 12.8 Å². The van der Waals surface area contributed by atoms with Crippen molar-refractivity contribution in [2.75, 3.05) is 19.0 Å². The predicted molar refractivity (Wildman–Crippen MR) is 80.8 cm³/mol. The molecule has 0 aliphatic heterocycles. The quantitative estimate of drug-likeness (QED) is 0.752. The van der Waals surface area contributed by atoms with E-state index in [1.165, 1.54) is 6.07 Å². The number of hydrogen-bond donors (Lipinski definition) is 3. The number of carbonyl (C=O) groups excluding carboxylic acids is 1. The summed E-state index contributed by atoms with van der Waals surface area (Å²) >= 11 is 0. The Labute approximate surface area is 124 Å². The first-order valence-electron chi connectivity index (χ1n) is 6.76. The number of aromatic carboxylic acids is 1. The van der Waals surface area contributed by atoms with Crippen LogP contribution >= 0.6 is 0 Å². The van der Waals surface area contributed by atoms with Gasteiger partial charge in [0.15, 0.2) is 0 Å². The monoisotopic (exact) mass is 294 g/mol. The smallest absolute Gasteiger partial charge is 0.336 e. The number of rotatable bonds is 6. The van der Waals surface area contributed by atoms with Gasteiger partial charge in [-0.3, -0.25) is 0 Å². The summed E-state index contributed by atoms with van der Waals surface area (Å²) < 4.78 is 5.07. The first-order chi connectivity index (χ1) is 9.86. The van der Waals surface area contributed by atoms with Gasteiger partial charge in [0.2, 0.25) is 0 Å². The molecule has 0 spiro atoms. The standard InChI is InChI=1S/C15H22N2O4/c1-9(2)13(8-21-4)17-15(20)16-12-7-5-6-11(10(12)3)14(18)19/h5-7,9,13H,8H2,1-4H3,(H,18,19)(H2,16,17,20). The Morgan fingerprint density at radius 2 is 2.00 bits per heavy atom. The van der Waals surface area contributed by atoms with Crippen LogP contribution in [0.5, 0.6) is 0 Å². The maximum absolute atomic E-state index is 12.0. The molecule has 3 N–H and O–H groups in total. The van der Waals surface area contributed by atoms with Crippen LogP contribution < -0.4 is 10.6 Å². The molecule has 6 heteroatoms. The Bertz CT molecular complexity index is 514. The molecule has 0 bridgehead atoms. The van der Waals surface area contributed by atoms with Crippen molar-refractivity contribution in [2.45, 2.75) is 26.8 Å². The fourth-order valence-electron chi connectivity index (χ4n) is 1.91. The van der Waals surface area contributed by atoms with Crippen molar-refractivity contribution in [2.24, 2.45) is 5.92 Å². The summed E-state index contributed by atoms with van der Waals surface area (Å²) in [4.78, 5) is 23.1. The number of benzene rings is 1. The zero-order valence-electron chi connectivity index (χ0n) is 12.8. The van der Waals surface area contributed by atoms with E-state index in [1.807, 2.05) is 13.8 Å². The highest BCUT2D eigenvalue weighted by Gasteiger charge is 2.17. The number of ether oxygens (including phenoxy) is 1. The van der Waals surface area contributed by atoms with Crippen molar-refractivity contribution in [1.29, 1.82) is 0 Å². The molecule has 0 radical (unpaired) electrons. The average molecular weight is 294 g/mol.